The van der Waals surface area contributed by atoms with Crippen molar-refractivity contribution < 1.29 is 16.3 Å². The van der Waals surface area contributed by atoms with Crippen LogP contribution in [0.1, 0.15) is 14.7 Å². The minimum atomic E-state index is -0.832. The first kappa shape index (κ1) is 5.65. The van der Waals surface area contributed by atoms with Gasteiger partial charge in [0.25, 0.3) is 0 Å². The molecule has 4 atom stereocenters. The second-order valence-electron chi connectivity index (χ2n) is 2.30. The molecule has 1 rings (SSSR count). The average molecular weight is 133 g/mol. The Bertz CT molecular complexity index is 108. The predicted molar refractivity (Wildman–Crippen MR) is 32.0 cm³/mol. The lowest BCUT2D eigenvalue weighted by Crippen LogP contribution is -2.42. The molecule has 0 aromatic heterocycles. The van der Waals surface area contributed by atoms with E-state index >= 15 is 0 Å². The quantitative estimate of drug-likeness (QED) is 0.469. The molecule has 0 aromatic rings. The molecule has 3 heteroatoms. The number of aliphatic hydroxyl groups is 2. The number of ether oxygens (including phenoxy) is 1. The van der Waals surface area contributed by atoms with Gasteiger partial charge in [-0.25, -0.2) is 0 Å². The molecule has 1 unspecified atom stereocenters. The first-order chi connectivity index (χ1) is 4.61. The van der Waals surface area contributed by atoms with Gasteiger partial charge in [0.15, 0.2) is 0 Å². The zero-order chi connectivity index (χ0) is 7.72. The molecular formula is C6H12O3. The fourth-order valence-corrected chi connectivity index (χ4v) is 0.839. The van der Waals surface area contributed by atoms with E-state index in [1.54, 1.807) is 6.92 Å². The monoisotopic (exact) mass is 133 g/mol. The molecule has 3 nitrogen and oxygen atoms in total. The SMILES string of the molecule is [2H]C1C[C@@H](O)[C@H](O)[C@H](C)O1. The molecule has 0 spiro atoms. The van der Waals surface area contributed by atoms with E-state index in [1.807, 2.05) is 0 Å². The van der Waals surface area contributed by atoms with Gasteiger partial charge in [-0.3, -0.25) is 0 Å². The average Bonchev–Trinajstić information content (AvgIpc) is 1.82. The minimum absolute atomic E-state index is 0.200. The first-order valence-corrected chi connectivity index (χ1v) is 3.05. The number of hydrogen-bond donors (Lipinski definition) is 2. The Kier molecular flexibility index (Phi) is 1.66. The number of rotatable bonds is 0. The lowest BCUT2D eigenvalue weighted by atomic mass is 10.0. The van der Waals surface area contributed by atoms with Gasteiger partial charge >= 0.3 is 0 Å². The van der Waals surface area contributed by atoms with Crippen molar-refractivity contribution in [2.24, 2.45) is 0 Å². The minimum Gasteiger partial charge on any atom is -0.390 e. The van der Waals surface area contributed by atoms with E-state index < -0.39 is 24.9 Å². The zero-order valence-electron chi connectivity index (χ0n) is 6.32. The third kappa shape index (κ3) is 1.41. The summed E-state index contributed by atoms with van der Waals surface area (Å²) in [4.78, 5) is 0. The lowest BCUT2D eigenvalue weighted by molar-refractivity contribution is -0.127. The maximum Gasteiger partial charge on any atom is 0.106 e. The molecule has 1 aliphatic heterocycles. The molecule has 0 amide bonds. The summed E-state index contributed by atoms with van der Waals surface area (Å²) in [6, 6.07) is 0. The van der Waals surface area contributed by atoms with Crippen LogP contribution in [0, 0.1) is 0 Å². The van der Waals surface area contributed by atoms with Crippen LogP contribution in [0.5, 0.6) is 0 Å². The molecular weight excluding hydrogens is 120 g/mol. The van der Waals surface area contributed by atoms with Crippen LogP contribution in [0.3, 0.4) is 0 Å². The summed E-state index contributed by atoms with van der Waals surface area (Å²) in [5.74, 6) is 0. The van der Waals surface area contributed by atoms with Crippen molar-refractivity contribution in [3.8, 4) is 0 Å². The maximum absolute atomic E-state index is 9.11. The van der Waals surface area contributed by atoms with Gasteiger partial charge in [-0.15, -0.1) is 0 Å². The Hall–Kier alpha value is -0.120. The Morgan fingerprint density at radius 1 is 1.67 bits per heavy atom. The molecule has 0 aromatic carbocycles. The molecule has 2 N–H and O–H groups in total. The van der Waals surface area contributed by atoms with Crippen molar-refractivity contribution in [3.63, 3.8) is 0 Å². The van der Waals surface area contributed by atoms with E-state index in [9.17, 15) is 0 Å². The topological polar surface area (TPSA) is 49.7 Å². The zero-order valence-corrected chi connectivity index (χ0v) is 5.32. The van der Waals surface area contributed by atoms with E-state index in [0.717, 1.165) is 0 Å². The fraction of sp³-hybridized carbons (Fsp3) is 1.00. The third-order valence-corrected chi connectivity index (χ3v) is 1.52. The van der Waals surface area contributed by atoms with E-state index in [2.05, 4.69) is 0 Å². The van der Waals surface area contributed by atoms with Gasteiger partial charge in [0.2, 0.25) is 0 Å². The molecule has 1 heterocycles. The first-order valence-electron chi connectivity index (χ1n) is 3.63. The van der Waals surface area contributed by atoms with Crippen LogP contribution in [-0.4, -0.2) is 35.1 Å². The summed E-state index contributed by atoms with van der Waals surface area (Å²) in [5, 5.41) is 18.2. The molecule has 1 saturated heterocycles. The molecule has 0 radical (unpaired) electrons. The van der Waals surface area contributed by atoms with Crippen LogP contribution in [0.2, 0.25) is 0 Å². The van der Waals surface area contributed by atoms with Crippen molar-refractivity contribution in [2.45, 2.75) is 31.7 Å². The van der Waals surface area contributed by atoms with Crippen LogP contribution in [0.4, 0.5) is 0 Å². The summed E-state index contributed by atoms with van der Waals surface area (Å²) in [7, 11) is 0. The highest BCUT2D eigenvalue weighted by Crippen LogP contribution is 2.13. The molecule has 0 bridgehead atoms. The van der Waals surface area contributed by atoms with Crippen LogP contribution in [0.15, 0.2) is 0 Å². The summed E-state index contributed by atoms with van der Waals surface area (Å²) in [6.45, 7) is 0.961. The van der Waals surface area contributed by atoms with Crippen molar-refractivity contribution in [2.75, 3.05) is 6.58 Å². The van der Waals surface area contributed by atoms with E-state index in [0.29, 0.717) is 0 Å². The van der Waals surface area contributed by atoms with Gasteiger partial charge in [0.1, 0.15) is 6.10 Å². The number of hydrogen-bond acceptors (Lipinski definition) is 3. The molecule has 9 heavy (non-hydrogen) atoms. The van der Waals surface area contributed by atoms with Gasteiger partial charge in [-0.2, -0.15) is 0 Å². The van der Waals surface area contributed by atoms with Gasteiger partial charge in [-0.1, -0.05) is 0 Å². The highest BCUT2D eigenvalue weighted by Gasteiger charge is 2.27. The molecule has 0 aliphatic carbocycles. The Labute approximate surface area is 55.7 Å². The normalized spacial score (nSPS) is 54.8. The smallest absolute Gasteiger partial charge is 0.106 e. The summed E-state index contributed by atoms with van der Waals surface area (Å²) in [5.41, 5.74) is 0. The molecule has 54 valence electrons. The second kappa shape index (κ2) is 2.64. The lowest BCUT2D eigenvalue weighted by Gasteiger charge is -2.29. The van der Waals surface area contributed by atoms with Crippen molar-refractivity contribution in [1.29, 1.82) is 0 Å². The molecule has 0 saturated carbocycles. The Morgan fingerprint density at radius 2 is 2.33 bits per heavy atom. The van der Waals surface area contributed by atoms with Crippen molar-refractivity contribution in [1.82, 2.24) is 0 Å². The van der Waals surface area contributed by atoms with Crippen LogP contribution in [-0.2, 0) is 4.74 Å². The van der Waals surface area contributed by atoms with Gasteiger partial charge in [-0.05, 0) is 13.3 Å². The summed E-state index contributed by atoms with van der Waals surface area (Å²) < 4.78 is 12.1. The largest absolute Gasteiger partial charge is 0.390 e. The van der Waals surface area contributed by atoms with Crippen molar-refractivity contribution >= 4 is 0 Å². The third-order valence-electron chi connectivity index (χ3n) is 1.52. The van der Waals surface area contributed by atoms with Gasteiger partial charge in [0.05, 0.1) is 13.6 Å². The predicted octanol–water partition coefficient (Wildman–Crippen LogP) is -0.483. The highest BCUT2D eigenvalue weighted by molar-refractivity contribution is 4.77. The van der Waals surface area contributed by atoms with Gasteiger partial charge < -0.3 is 14.9 Å². The maximum atomic E-state index is 9.11. The van der Waals surface area contributed by atoms with E-state index in [4.69, 9.17) is 16.3 Å². The Balaban J connectivity index is 2.49. The second-order valence-corrected chi connectivity index (χ2v) is 2.30. The van der Waals surface area contributed by atoms with Crippen molar-refractivity contribution in [3.05, 3.63) is 0 Å². The summed E-state index contributed by atoms with van der Waals surface area (Å²) >= 11 is 0. The molecule has 1 aliphatic rings. The van der Waals surface area contributed by atoms with E-state index in [1.165, 1.54) is 0 Å². The van der Waals surface area contributed by atoms with Crippen LogP contribution in [0.25, 0.3) is 0 Å². The summed E-state index contributed by atoms with van der Waals surface area (Å²) in [6.07, 6.45) is -1.86. The van der Waals surface area contributed by atoms with E-state index in [-0.39, 0.29) is 6.42 Å². The van der Waals surface area contributed by atoms with Crippen LogP contribution >= 0.6 is 0 Å². The standard InChI is InChI=1S/C6H12O3/c1-4-6(8)5(7)2-3-9-4/h4-8H,2-3H2,1H3/t4-,5+,6+/m0/s1/i3D/t3?,4-,5+,6+. The molecule has 1 fully saturated rings. The fourth-order valence-electron chi connectivity index (χ4n) is 0.839. The van der Waals surface area contributed by atoms with Gasteiger partial charge in [0, 0.05) is 6.58 Å². The van der Waals surface area contributed by atoms with Crippen LogP contribution < -0.4 is 0 Å². The Morgan fingerprint density at radius 3 is 2.89 bits per heavy atom. The highest BCUT2D eigenvalue weighted by atomic mass is 16.5. The number of aliphatic hydroxyl groups excluding tert-OH is 2.